The Morgan fingerprint density at radius 2 is 1.84 bits per heavy atom. The van der Waals surface area contributed by atoms with Crippen molar-refractivity contribution in [1.82, 2.24) is 20.0 Å². The van der Waals surface area contributed by atoms with Gasteiger partial charge >= 0.3 is 6.18 Å². The molecule has 4 rings (SSSR count). The lowest BCUT2D eigenvalue weighted by Gasteiger charge is -2.32. The smallest absolute Gasteiger partial charge is 0.349 e. The Labute approximate surface area is 184 Å². The topological polar surface area (TPSA) is 50.2 Å². The zero-order valence-corrected chi connectivity index (χ0v) is 17.8. The van der Waals surface area contributed by atoms with Gasteiger partial charge in [0.05, 0.1) is 17.4 Å². The predicted octanol–water partition coefficient (Wildman–Crippen LogP) is 4.59. The first-order valence-electron chi connectivity index (χ1n) is 10.6. The molecule has 0 radical (unpaired) electrons. The molecule has 0 saturated carbocycles. The molecule has 2 heterocycles. The van der Waals surface area contributed by atoms with Crippen LogP contribution in [0.2, 0.25) is 0 Å². The van der Waals surface area contributed by atoms with E-state index in [9.17, 15) is 18.0 Å². The van der Waals surface area contributed by atoms with Gasteiger partial charge in [0.25, 0.3) is 5.91 Å². The maximum absolute atomic E-state index is 12.9. The Morgan fingerprint density at radius 1 is 1.12 bits per heavy atom. The number of hydrogen-bond acceptors (Lipinski definition) is 3. The molecule has 2 aromatic carbocycles. The van der Waals surface area contributed by atoms with Crippen molar-refractivity contribution in [2.45, 2.75) is 38.5 Å². The summed E-state index contributed by atoms with van der Waals surface area (Å²) >= 11 is 0. The summed E-state index contributed by atoms with van der Waals surface area (Å²) in [6.07, 6.45) is 0.885. The number of benzene rings is 2. The largest absolute Gasteiger partial charge is 0.416 e. The molecule has 3 aromatic rings. The minimum atomic E-state index is -4.33. The molecule has 1 fully saturated rings. The molecule has 8 heteroatoms. The molecule has 0 bridgehead atoms. The Hall–Kier alpha value is -3.13. The van der Waals surface area contributed by atoms with Crippen LogP contribution in [0.25, 0.3) is 5.69 Å². The highest BCUT2D eigenvalue weighted by Crippen LogP contribution is 2.30. The van der Waals surface area contributed by atoms with Gasteiger partial charge in [-0.15, -0.1) is 0 Å². The van der Waals surface area contributed by atoms with Crippen molar-refractivity contribution >= 4 is 5.91 Å². The number of nitrogens with one attached hydrogen (secondary N) is 1. The fourth-order valence-corrected chi connectivity index (χ4v) is 3.93. The van der Waals surface area contributed by atoms with Crippen molar-refractivity contribution in [3.05, 3.63) is 83.2 Å². The van der Waals surface area contributed by atoms with Crippen LogP contribution in [0, 0.1) is 6.92 Å². The van der Waals surface area contributed by atoms with E-state index in [0.717, 1.165) is 43.2 Å². The van der Waals surface area contributed by atoms with Crippen molar-refractivity contribution in [3.8, 4) is 5.69 Å². The third-order valence-corrected chi connectivity index (χ3v) is 5.69. The number of nitrogens with zero attached hydrogens (tertiary/aromatic N) is 3. The van der Waals surface area contributed by atoms with Gasteiger partial charge in [-0.3, -0.25) is 9.69 Å². The number of aromatic nitrogens is 2. The Bertz CT molecular complexity index is 1070. The van der Waals surface area contributed by atoms with Crippen LogP contribution in [0.4, 0.5) is 13.2 Å². The molecule has 1 aliphatic rings. The summed E-state index contributed by atoms with van der Waals surface area (Å²) in [7, 11) is 0. The number of hydrogen-bond donors (Lipinski definition) is 1. The fraction of sp³-hybridized carbons (Fsp3) is 0.333. The molecule has 0 spiro atoms. The molecule has 168 valence electrons. The van der Waals surface area contributed by atoms with Crippen LogP contribution in [-0.4, -0.2) is 39.7 Å². The lowest BCUT2D eigenvalue weighted by molar-refractivity contribution is -0.137. The number of alkyl halides is 3. The second kappa shape index (κ2) is 9.16. The second-order valence-electron chi connectivity index (χ2n) is 8.23. The molecular formula is C24H25F3N4O. The van der Waals surface area contributed by atoms with Crippen molar-refractivity contribution in [1.29, 1.82) is 0 Å². The number of amides is 1. The zero-order valence-electron chi connectivity index (χ0n) is 17.8. The number of halogens is 3. The van der Waals surface area contributed by atoms with Crippen molar-refractivity contribution < 1.29 is 18.0 Å². The second-order valence-corrected chi connectivity index (χ2v) is 8.23. The van der Waals surface area contributed by atoms with Crippen LogP contribution in [0.3, 0.4) is 0 Å². The number of rotatable bonds is 5. The maximum atomic E-state index is 12.9. The summed E-state index contributed by atoms with van der Waals surface area (Å²) < 4.78 is 40.5. The van der Waals surface area contributed by atoms with Crippen LogP contribution in [0.5, 0.6) is 0 Å². The van der Waals surface area contributed by atoms with Crippen molar-refractivity contribution in [2.24, 2.45) is 0 Å². The van der Waals surface area contributed by atoms with Crippen LogP contribution >= 0.6 is 0 Å². The molecular weight excluding hydrogens is 417 g/mol. The van der Waals surface area contributed by atoms with E-state index >= 15 is 0 Å². The lowest BCUT2D eigenvalue weighted by Crippen LogP contribution is -2.44. The van der Waals surface area contributed by atoms with Gasteiger partial charge in [-0.05, 0) is 61.2 Å². The van der Waals surface area contributed by atoms with Crippen molar-refractivity contribution in [3.63, 3.8) is 0 Å². The van der Waals surface area contributed by atoms with Crippen LogP contribution in [0.1, 0.15) is 39.9 Å². The minimum absolute atomic E-state index is 0.0497. The van der Waals surface area contributed by atoms with Gasteiger partial charge in [-0.1, -0.05) is 18.2 Å². The van der Waals surface area contributed by atoms with E-state index in [1.165, 1.54) is 12.1 Å². The fourth-order valence-electron chi connectivity index (χ4n) is 3.93. The van der Waals surface area contributed by atoms with Crippen molar-refractivity contribution in [2.75, 3.05) is 13.1 Å². The first-order valence-corrected chi connectivity index (χ1v) is 10.6. The van der Waals surface area contributed by atoms with E-state index in [1.807, 2.05) is 25.3 Å². The molecule has 1 aromatic heterocycles. The van der Waals surface area contributed by atoms with E-state index < -0.39 is 11.7 Å². The molecule has 1 amide bonds. The monoisotopic (exact) mass is 442 g/mol. The van der Waals surface area contributed by atoms with Crippen LogP contribution in [-0.2, 0) is 12.7 Å². The van der Waals surface area contributed by atoms with Crippen LogP contribution < -0.4 is 5.32 Å². The molecule has 0 atom stereocenters. The average Bonchev–Trinajstić information content (AvgIpc) is 3.21. The molecule has 5 nitrogen and oxygen atoms in total. The number of likely N-dealkylation sites (tertiary alicyclic amines) is 1. The first kappa shape index (κ1) is 22.1. The van der Waals surface area contributed by atoms with Gasteiger partial charge in [0.1, 0.15) is 0 Å². The van der Waals surface area contributed by atoms with Gasteiger partial charge in [0, 0.05) is 37.4 Å². The highest BCUT2D eigenvalue weighted by Gasteiger charge is 2.30. The van der Waals surface area contributed by atoms with Gasteiger partial charge in [-0.2, -0.15) is 18.3 Å². The number of aryl methyl sites for hydroxylation is 1. The first-order chi connectivity index (χ1) is 15.3. The number of carbonyl (C=O) groups excluding carboxylic acids is 1. The number of piperidine rings is 1. The third kappa shape index (κ3) is 5.37. The summed E-state index contributed by atoms with van der Waals surface area (Å²) in [5.41, 5.74) is 2.56. The lowest BCUT2D eigenvalue weighted by atomic mass is 10.0. The van der Waals surface area contributed by atoms with E-state index in [-0.39, 0.29) is 11.9 Å². The quantitative estimate of drug-likeness (QED) is 0.629. The molecule has 32 heavy (non-hydrogen) atoms. The van der Waals surface area contributed by atoms with Gasteiger partial charge in [0.15, 0.2) is 0 Å². The summed E-state index contributed by atoms with van der Waals surface area (Å²) in [5.74, 6) is -0.121. The average molecular weight is 442 g/mol. The molecule has 1 N–H and O–H groups in total. The highest BCUT2D eigenvalue weighted by atomic mass is 19.4. The van der Waals surface area contributed by atoms with E-state index in [4.69, 9.17) is 0 Å². The van der Waals surface area contributed by atoms with Gasteiger partial charge in [-0.25, -0.2) is 4.68 Å². The van der Waals surface area contributed by atoms with Gasteiger partial charge < -0.3 is 5.32 Å². The van der Waals surface area contributed by atoms with E-state index in [1.54, 1.807) is 29.1 Å². The molecule has 0 aliphatic carbocycles. The molecule has 0 unspecified atom stereocenters. The van der Waals surface area contributed by atoms with Crippen LogP contribution in [0.15, 0.2) is 60.9 Å². The molecule has 1 saturated heterocycles. The maximum Gasteiger partial charge on any atom is 0.416 e. The van der Waals surface area contributed by atoms with Gasteiger partial charge in [0.2, 0.25) is 0 Å². The summed E-state index contributed by atoms with van der Waals surface area (Å²) in [5, 5.41) is 7.34. The molecule has 1 aliphatic heterocycles. The van der Waals surface area contributed by atoms with E-state index in [0.29, 0.717) is 17.7 Å². The summed E-state index contributed by atoms with van der Waals surface area (Å²) in [6.45, 7) is 3.88. The normalized spacial score (nSPS) is 15.6. The standard InChI is InChI=1S/C24H25F3N4O/c1-17-14-28-31(15-17)22-7-5-19(6-8-22)23(32)29-21-9-11-30(12-10-21)16-18-3-2-4-20(13-18)24(25,26)27/h2-8,13-15,21H,9-12,16H2,1H3,(H,29,32). The highest BCUT2D eigenvalue weighted by molar-refractivity contribution is 5.94. The summed E-state index contributed by atoms with van der Waals surface area (Å²) in [6, 6.07) is 12.8. The number of carbonyl (C=O) groups is 1. The van der Waals surface area contributed by atoms with E-state index in [2.05, 4.69) is 15.3 Å². The minimum Gasteiger partial charge on any atom is -0.349 e. The third-order valence-electron chi connectivity index (χ3n) is 5.69. The Morgan fingerprint density at radius 3 is 2.47 bits per heavy atom. The zero-order chi connectivity index (χ0) is 22.7. The Balaban J connectivity index is 1.28. The Kier molecular flexibility index (Phi) is 6.32. The predicted molar refractivity (Wildman–Crippen MR) is 116 cm³/mol. The summed E-state index contributed by atoms with van der Waals surface area (Å²) in [4.78, 5) is 14.7. The SMILES string of the molecule is Cc1cnn(-c2ccc(C(=O)NC3CCN(Cc4cccc(C(F)(F)F)c4)CC3)cc2)c1.